The molecule has 0 aliphatic carbocycles. The lowest BCUT2D eigenvalue weighted by molar-refractivity contribution is -0.113. The van der Waals surface area contributed by atoms with Gasteiger partial charge in [0.2, 0.25) is 5.91 Å². The second kappa shape index (κ2) is 8.09. The number of amides is 1. The van der Waals surface area contributed by atoms with E-state index in [2.05, 4.69) is 14.9 Å². The highest BCUT2D eigenvalue weighted by molar-refractivity contribution is 8.01. The number of halogens is 1. The number of anilines is 1. The van der Waals surface area contributed by atoms with Gasteiger partial charge < -0.3 is 10.1 Å². The van der Waals surface area contributed by atoms with Crippen molar-refractivity contribution in [3.8, 4) is 17.0 Å². The quantitative estimate of drug-likeness (QED) is 0.658. The average Bonchev–Trinajstić information content (AvgIpc) is 3.10. The molecule has 0 atom stereocenters. The summed E-state index contributed by atoms with van der Waals surface area (Å²) in [6.07, 6.45) is 0. The van der Waals surface area contributed by atoms with Gasteiger partial charge in [-0.25, -0.2) is 4.39 Å². The summed E-state index contributed by atoms with van der Waals surface area (Å²) in [5.74, 6) is 0.148. The molecule has 1 heterocycles. The van der Waals surface area contributed by atoms with E-state index in [9.17, 15) is 9.18 Å². The van der Waals surface area contributed by atoms with Gasteiger partial charge in [0.15, 0.2) is 0 Å². The minimum absolute atomic E-state index is 0.140. The fourth-order valence-electron chi connectivity index (χ4n) is 2.08. The van der Waals surface area contributed by atoms with E-state index in [0.29, 0.717) is 0 Å². The van der Waals surface area contributed by atoms with E-state index in [-0.39, 0.29) is 17.3 Å². The number of hydrogen-bond donors (Lipinski definition) is 1. The van der Waals surface area contributed by atoms with E-state index in [4.69, 9.17) is 4.74 Å². The lowest BCUT2D eigenvalue weighted by Crippen LogP contribution is -2.14. The Morgan fingerprint density at radius 3 is 2.72 bits per heavy atom. The summed E-state index contributed by atoms with van der Waals surface area (Å²) in [4.78, 5) is 12.0. The average molecular weight is 375 g/mol. The van der Waals surface area contributed by atoms with E-state index in [1.807, 2.05) is 24.3 Å². The summed E-state index contributed by atoms with van der Waals surface area (Å²) < 4.78 is 23.5. The number of rotatable bonds is 6. The first kappa shape index (κ1) is 17.4. The molecule has 0 radical (unpaired) electrons. The van der Waals surface area contributed by atoms with Gasteiger partial charge >= 0.3 is 0 Å². The first-order valence-corrected chi connectivity index (χ1v) is 9.07. The van der Waals surface area contributed by atoms with Crippen LogP contribution in [0.2, 0.25) is 0 Å². The highest BCUT2D eigenvalue weighted by atomic mass is 32.2. The molecule has 8 heteroatoms. The molecular formula is C17H14FN3O2S2. The Balaban J connectivity index is 1.65. The Kier molecular flexibility index (Phi) is 5.62. The standard InChI is InChI=1S/C17H14FN3O2S2/c1-23-12-8-6-11(7-9-12)16-17(25-21-20-16)24-10-15(22)19-14-5-3-2-4-13(14)18/h2-9H,10H2,1H3,(H,19,22). The molecule has 2 aromatic carbocycles. The minimum atomic E-state index is -0.459. The van der Waals surface area contributed by atoms with Crippen molar-refractivity contribution in [3.05, 3.63) is 54.3 Å². The molecule has 0 aliphatic heterocycles. The van der Waals surface area contributed by atoms with E-state index >= 15 is 0 Å². The third kappa shape index (κ3) is 4.34. The zero-order valence-electron chi connectivity index (χ0n) is 13.2. The van der Waals surface area contributed by atoms with Crippen LogP contribution in [-0.2, 0) is 4.79 Å². The summed E-state index contributed by atoms with van der Waals surface area (Å²) >= 11 is 2.54. The van der Waals surface area contributed by atoms with Crippen molar-refractivity contribution in [1.29, 1.82) is 0 Å². The van der Waals surface area contributed by atoms with Gasteiger partial charge in [-0.3, -0.25) is 4.79 Å². The number of nitrogens with one attached hydrogen (secondary N) is 1. The van der Waals surface area contributed by atoms with Gasteiger partial charge in [-0.1, -0.05) is 16.6 Å². The molecule has 0 saturated carbocycles. The van der Waals surface area contributed by atoms with Crippen LogP contribution in [0.1, 0.15) is 0 Å². The monoisotopic (exact) mass is 375 g/mol. The second-order valence-electron chi connectivity index (χ2n) is 4.95. The maximum atomic E-state index is 13.6. The molecule has 0 saturated heterocycles. The van der Waals surface area contributed by atoms with Crippen molar-refractivity contribution >= 4 is 34.9 Å². The number of carbonyl (C=O) groups excluding carboxylic acids is 1. The highest BCUT2D eigenvalue weighted by Gasteiger charge is 2.14. The molecule has 0 bridgehead atoms. The Morgan fingerprint density at radius 2 is 2.00 bits per heavy atom. The number of nitrogens with zero attached hydrogens (tertiary/aromatic N) is 2. The van der Waals surface area contributed by atoms with Gasteiger partial charge in [0.05, 0.1) is 18.6 Å². The summed E-state index contributed by atoms with van der Waals surface area (Å²) in [5, 5.41) is 6.69. The molecule has 3 aromatic rings. The maximum absolute atomic E-state index is 13.6. The molecule has 0 spiro atoms. The molecule has 25 heavy (non-hydrogen) atoms. The van der Waals surface area contributed by atoms with Crippen LogP contribution in [0, 0.1) is 5.82 Å². The predicted molar refractivity (Wildman–Crippen MR) is 97.7 cm³/mol. The van der Waals surface area contributed by atoms with Gasteiger partial charge in [0, 0.05) is 5.56 Å². The van der Waals surface area contributed by atoms with Crippen LogP contribution in [0.15, 0.2) is 52.7 Å². The fourth-order valence-corrected chi connectivity index (χ4v) is 3.64. The summed E-state index contributed by atoms with van der Waals surface area (Å²) in [6, 6.07) is 13.5. The first-order chi connectivity index (χ1) is 12.2. The summed E-state index contributed by atoms with van der Waals surface area (Å²) in [7, 11) is 1.61. The molecule has 1 N–H and O–H groups in total. The third-order valence-electron chi connectivity index (χ3n) is 3.30. The van der Waals surface area contributed by atoms with E-state index in [0.717, 1.165) is 21.2 Å². The van der Waals surface area contributed by atoms with Crippen LogP contribution in [-0.4, -0.2) is 28.4 Å². The molecule has 128 valence electrons. The van der Waals surface area contributed by atoms with Gasteiger partial charge in [0.25, 0.3) is 0 Å². The van der Waals surface area contributed by atoms with Crippen LogP contribution in [0.3, 0.4) is 0 Å². The molecule has 0 fully saturated rings. The number of hydrogen-bond acceptors (Lipinski definition) is 6. The predicted octanol–water partition coefficient (Wildman–Crippen LogP) is 4.08. The van der Waals surface area contributed by atoms with Gasteiger partial charge in [-0.2, -0.15) is 0 Å². The van der Waals surface area contributed by atoms with Gasteiger partial charge in [-0.15, -0.1) is 16.9 Å². The Bertz CT molecular complexity index is 868. The summed E-state index contributed by atoms with van der Waals surface area (Å²) in [6.45, 7) is 0. The number of thioether (sulfide) groups is 1. The Labute approximate surface area is 152 Å². The maximum Gasteiger partial charge on any atom is 0.234 e. The smallest absolute Gasteiger partial charge is 0.234 e. The van der Waals surface area contributed by atoms with Crippen molar-refractivity contribution in [1.82, 2.24) is 9.59 Å². The SMILES string of the molecule is COc1ccc(-c2nnsc2SCC(=O)Nc2ccccc2F)cc1. The van der Waals surface area contributed by atoms with Crippen molar-refractivity contribution < 1.29 is 13.9 Å². The number of para-hydroxylation sites is 1. The third-order valence-corrected chi connectivity index (χ3v) is 5.27. The first-order valence-electron chi connectivity index (χ1n) is 7.31. The lowest BCUT2D eigenvalue weighted by atomic mass is 10.2. The molecule has 3 rings (SSSR count). The fraction of sp³-hybridized carbons (Fsp3) is 0.118. The second-order valence-corrected chi connectivity index (χ2v) is 6.95. The van der Waals surface area contributed by atoms with Crippen LogP contribution < -0.4 is 10.1 Å². The van der Waals surface area contributed by atoms with Crippen molar-refractivity contribution in [2.75, 3.05) is 18.2 Å². The largest absolute Gasteiger partial charge is 0.497 e. The van der Waals surface area contributed by atoms with Crippen molar-refractivity contribution in [2.45, 2.75) is 4.21 Å². The van der Waals surface area contributed by atoms with Crippen LogP contribution in [0.5, 0.6) is 5.75 Å². The normalized spacial score (nSPS) is 10.5. The molecule has 0 unspecified atom stereocenters. The number of carbonyl (C=O) groups is 1. The minimum Gasteiger partial charge on any atom is -0.497 e. The van der Waals surface area contributed by atoms with E-state index in [1.165, 1.54) is 35.4 Å². The molecule has 5 nitrogen and oxygen atoms in total. The van der Waals surface area contributed by atoms with Crippen LogP contribution in [0.25, 0.3) is 11.3 Å². The molecule has 1 amide bonds. The molecule has 0 aliphatic rings. The number of ether oxygens (including phenoxy) is 1. The van der Waals surface area contributed by atoms with Crippen molar-refractivity contribution in [3.63, 3.8) is 0 Å². The van der Waals surface area contributed by atoms with Gasteiger partial charge in [0.1, 0.15) is 21.5 Å². The Morgan fingerprint density at radius 1 is 1.24 bits per heavy atom. The number of aromatic nitrogens is 2. The lowest BCUT2D eigenvalue weighted by Gasteiger charge is -2.06. The van der Waals surface area contributed by atoms with E-state index in [1.54, 1.807) is 19.2 Å². The highest BCUT2D eigenvalue weighted by Crippen LogP contribution is 2.33. The van der Waals surface area contributed by atoms with Crippen LogP contribution >= 0.6 is 23.3 Å². The van der Waals surface area contributed by atoms with Gasteiger partial charge in [-0.05, 0) is 47.9 Å². The number of methoxy groups -OCH3 is 1. The Hall–Kier alpha value is -2.45. The topological polar surface area (TPSA) is 64.1 Å². The summed E-state index contributed by atoms with van der Waals surface area (Å²) in [5.41, 5.74) is 1.79. The zero-order valence-corrected chi connectivity index (χ0v) is 14.9. The number of benzene rings is 2. The van der Waals surface area contributed by atoms with Crippen molar-refractivity contribution in [2.24, 2.45) is 0 Å². The molecular weight excluding hydrogens is 361 g/mol. The van der Waals surface area contributed by atoms with E-state index < -0.39 is 5.82 Å². The molecule has 1 aromatic heterocycles. The zero-order chi connectivity index (χ0) is 17.6. The van der Waals surface area contributed by atoms with Crippen LogP contribution in [0.4, 0.5) is 10.1 Å².